The highest BCUT2D eigenvalue weighted by molar-refractivity contribution is 7.89. The zero-order chi connectivity index (χ0) is 14.9. The minimum Gasteiger partial charge on any atom is -0.397 e. The summed E-state index contributed by atoms with van der Waals surface area (Å²) in [6, 6.07) is 10.2. The molecule has 0 saturated heterocycles. The number of nitrogens with two attached hydrogens (primary N) is 2. The molecule has 5 N–H and O–H groups in total. The van der Waals surface area contributed by atoms with Crippen LogP contribution in [0.5, 0.6) is 0 Å². The molecule has 0 heterocycles. The summed E-state index contributed by atoms with van der Waals surface area (Å²) in [4.78, 5) is 0.0273. The van der Waals surface area contributed by atoms with Gasteiger partial charge in [0, 0.05) is 5.69 Å². The van der Waals surface area contributed by atoms with Gasteiger partial charge in [-0.05, 0) is 49.2 Å². The minimum atomic E-state index is -3.75. The molecule has 0 radical (unpaired) electrons. The quantitative estimate of drug-likeness (QED) is 0.755. The molecule has 0 spiro atoms. The van der Waals surface area contributed by atoms with Crippen LogP contribution in [0.15, 0.2) is 41.3 Å². The molecule has 2 rings (SSSR count). The Balaban J connectivity index is 2.46. The molecule has 5 nitrogen and oxygen atoms in total. The van der Waals surface area contributed by atoms with Crippen LogP contribution in [-0.2, 0) is 10.0 Å². The van der Waals surface area contributed by atoms with Gasteiger partial charge in [-0.25, -0.2) is 13.6 Å². The number of sulfonamides is 1. The molecule has 0 saturated carbocycles. The van der Waals surface area contributed by atoms with Gasteiger partial charge in [-0.15, -0.1) is 0 Å². The Hall–Kier alpha value is -2.05. The Morgan fingerprint density at radius 2 is 1.75 bits per heavy atom. The number of primary sulfonamides is 1. The van der Waals surface area contributed by atoms with E-state index in [1.54, 1.807) is 0 Å². The molecule has 106 valence electrons. The molecule has 0 bridgehead atoms. The van der Waals surface area contributed by atoms with Crippen LogP contribution >= 0.6 is 0 Å². The summed E-state index contributed by atoms with van der Waals surface area (Å²) in [6.07, 6.45) is 0. The van der Waals surface area contributed by atoms with E-state index in [9.17, 15) is 8.42 Å². The average Bonchev–Trinajstić information content (AvgIpc) is 2.36. The molecule has 0 aliphatic heterocycles. The van der Waals surface area contributed by atoms with Gasteiger partial charge in [0.1, 0.15) is 0 Å². The van der Waals surface area contributed by atoms with Crippen molar-refractivity contribution >= 4 is 27.1 Å². The summed E-state index contributed by atoms with van der Waals surface area (Å²) >= 11 is 0. The summed E-state index contributed by atoms with van der Waals surface area (Å²) in [5.41, 5.74) is 9.94. The molecular weight excluding hydrogens is 274 g/mol. The van der Waals surface area contributed by atoms with Crippen LogP contribution in [0.25, 0.3) is 0 Å². The molecular formula is C14H17N3O2S. The predicted molar refractivity (Wildman–Crippen MR) is 81.4 cm³/mol. The first kappa shape index (κ1) is 14.4. The van der Waals surface area contributed by atoms with Crippen molar-refractivity contribution in [2.24, 2.45) is 5.14 Å². The first-order valence-corrected chi connectivity index (χ1v) is 7.59. The number of rotatable bonds is 3. The zero-order valence-electron chi connectivity index (χ0n) is 11.3. The third-order valence-electron chi connectivity index (χ3n) is 3.23. The van der Waals surface area contributed by atoms with Crippen molar-refractivity contribution < 1.29 is 8.42 Å². The van der Waals surface area contributed by atoms with Crippen LogP contribution in [-0.4, -0.2) is 8.42 Å². The van der Waals surface area contributed by atoms with Crippen molar-refractivity contribution in [1.82, 2.24) is 0 Å². The molecule has 0 fully saturated rings. The second-order valence-corrected chi connectivity index (χ2v) is 6.23. The van der Waals surface area contributed by atoms with Gasteiger partial charge in [-0.2, -0.15) is 0 Å². The maximum Gasteiger partial charge on any atom is 0.238 e. The highest BCUT2D eigenvalue weighted by atomic mass is 32.2. The van der Waals surface area contributed by atoms with Gasteiger partial charge in [-0.1, -0.05) is 12.1 Å². The van der Waals surface area contributed by atoms with Gasteiger partial charge >= 0.3 is 0 Å². The maximum atomic E-state index is 11.4. The Kier molecular flexibility index (Phi) is 3.69. The lowest BCUT2D eigenvalue weighted by molar-refractivity contribution is 0.598. The van der Waals surface area contributed by atoms with E-state index in [-0.39, 0.29) is 4.90 Å². The van der Waals surface area contributed by atoms with Crippen molar-refractivity contribution in [2.75, 3.05) is 11.1 Å². The summed E-state index contributed by atoms with van der Waals surface area (Å²) in [5, 5.41) is 8.28. The highest BCUT2D eigenvalue weighted by Gasteiger charge is 2.11. The van der Waals surface area contributed by atoms with Gasteiger partial charge in [0.25, 0.3) is 0 Å². The van der Waals surface area contributed by atoms with E-state index in [0.29, 0.717) is 11.4 Å². The first-order valence-electron chi connectivity index (χ1n) is 6.04. The van der Waals surface area contributed by atoms with E-state index in [0.717, 1.165) is 16.8 Å². The van der Waals surface area contributed by atoms with E-state index in [2.05, 4.69) is 5.32 Å². The Bertz CT molecular complexity index is 755. The molecule has 0 aliphatic carbocycles. The summed E-state index contributed by atoms with van der Waals surface area (Å²) in [7, 11) is -3.75. The molecule has 0 aliphatic rings. The Labute approximate surface area is 118 Å². The smallest absolute Gasteiger partial charge is 0.238 e. The number of hydrogen-bond donors (Lipinski definition) is 3. The van der Waals surface area contributed by atoms with Crippen molar-refractivity contribution in [3.63, 3.8) is 0 Å². The summed E-state index contributed by atoms with van der Waals surface area (Å²) < 4.78 is 22.8. The van der Waals surface area contributed by atoms with Crippen molar-refractivity contribution in [3.8, 4) is 0 Å². The van der Waals surface area contributed by atoms with Crippen LogP contribution in [0, 0.1) is 13.8 Å². The lowest BCUT2D eigenvalue weighted by Gasteiger charge is -2.14. The highest BCUT2D eigenvalue weighted by Crippen LogP contribution is 2.28. The van der Waals surface area contributed by atoms with E-state index in [1.807, 2.05) is 32.0 Å². The standard InChI is InChI=1S/C14H17N3O2S/c1-9-4-3-5-13(10(9)2)17-14-8-11(20(16,18)19)6-7-12(14)15/h3-8,17H,15H2,1-2H3,(H2,16,18,19). The monoisotopic (exact) mass is 291 g/mol. The molecule has 0 unspecified atom stereocenters. The van der Waals surface area contributed by atoms with E-state index in [1.165, 1.54) is 18.2 Å². The number of aryl methyl sites for hydroxylation is 1. The molecule has 0 atom stereocenters. The van der Waals surface area contributed by atoms with E-state index < -0.39 is 10.0 Å². The van der Waals surface area contributed by atoms with Gasteiger partial charge in [0.05, 0.1) is 16.3 Å². The normalized spacial score (nSPS) is 11.3. The molecule has 0 amide bonds. The number of nitrogens with one attached hydrogen (secondary N) is 1. The molecule has 0 aromatic heterocycles. The van der Waals surface area contributed by atoms with Gasteiger partial charge < -0.3 is 11.1 Å². The lowest BCUT2D eigenvalue weighted by atomic mass is 10.1. The van der Waals surface area contributed by atoms with Gasteiger partial charge in [0.15, 0.2) is 0 Å². The lowest BCUT2D eigenvalue weighted by Crippen LogP contribution is -2.12. The van der Waals surface area contributed by atoms with E-state index >= 15 is 0 Å². The average molecular weight is 291 g/mol. The third kappa shape index (κ3) is 2.92. The maximum absolute atomic E-state index is 11.4. The molecule has 6 heteroatoms. The molecule has 20 heavy (non-hydrogen) atoms. The minimum absolute atomic E-state index is 0.0273. The van der Waals surface area contributed by atoms with Crippen LogP contribution < -0.4 is 16.2 Å². The van der Waals surface area contributed by atoms with Gasteiger partial charge in [0.2, 0.25) is 10.0 Å². The van der Waals surface area contributed by atoms with Crippen molar-refractivity contribution in [3.05, 3.63) is 47.5 Å². The fourth-order valence-electron chi connectivity index (χ4n) is 1.85. The van der Waals surface area contributed by atoms with Crippen LogP contribution in [0.1, 0.15) is 11.1 Å². The number of anilines is 3. The number of benzene rings is 2. The second-order valence-electron chi connectivity index (χ2n) is 4.67. The SMILES string of the molecule is Cc1cccc(Nc2cc(S(N)(=O)=O)ccc2N)c1C. The zero-order valence-corrected chi connectivity index (χ0v) is 12.2. The van der Waals surface area contributed by atoms with Crippen LogP contribution in [0.2, 0.25) is 0 Å². The molecule has 2 aromatic carbocycles. The Morgan fingerprint density at radius 1 is 1.05 bits per heavy atom. The fourth-order valence-corrected chi connectivity index (χ4v) is 2.39. The number of nitrogen functional groups attached to an aromatic ring is 1. The largest absolute Gasteiger partial charge is 0.397 e. The predicted octanol–water partition coefficient (Wildman–Crippen LogP) is 2.28. The van der Waals surface area contributed by atoms with Crippen LogP contribution in [0.3, 0.4) is 0 Å². The van der Waals surface area contributed by atoms with Crippen molar-refractivity contribution in [2.45, 2.75) is 18.7 Å². The second kappa shape index (κ2) is 5.15. The van der Waals surface area contributed by atoms with Gasteiger partial charge in [-0.3, -0.25) is 0 Å². The van der Waals surface area contributed by atoms with Crippen LogP contribution in [0.4, 0.5) is 17.1 Å². The Morgan fingerprint density at radius 3 is 2.40 bits per heavy atom. The summed E-state index contributed by atoms with van der Waals surface area (Å²) in [5.74, 6) is 0. The topological polar surface area (TPSA) is 98.2 Å². The fraction of sp³-hybridized carbons (Fsp3) is 0.143. The first-order chi connectivity index (χ1) is 9.29. The summed E-state index contributed by atoms with van der Waals surface area (Å²) in [6.45, 7) is 3.99. The molecule has 2 aromatic rings. The number of hydrogen-bond acceptors (Lipinski definition) is 4. The van der Waals surface area contributed by atoms with E-state index in [4.69, 9.17) is 10.9 Å². The van der Waals surface area contributed by atoms with Crippen molar-refractivity contribution in [1.29, 1.82) is 0 Å². The third-order valence-corrected chi connectivity index (χ3v) is 4.14.